The first-order valence-electron chi connectivity index (χ1n) is 7.98. The van der Waals surface area contributed by atoms with Gasteiger partial charge < -0.3 is 20.6 Å². The molecule has 162 valence electrons. The van der Waals surface area contributed by atoms with E-state index in [1.807, 2.05) is 30.0 Å². The molecule has 1 aromatic heterocycles. The van der Waals surface area contributed by atoms with Gasteiger partial charge in [0.05, 0.1) is 11.8 Å². The molecule has 1 atom stereocenters. The number of carbonyl (C=O) groups is 2. The Hall–Kier alpha value is -2.80. The third kappa shape index (κ3) is 8.39. The van der Waals surface area contributed by atoms with Crippen LogP contribution in [0, 0.1) is 0 Å². The van der Waals surface area contributed by atoms with Crippen molar-refractivity contribution in [3.05, 3.63) is 30.0 Å². The fourth-order valence-corrected chi connectivity index (χ4v) is 2.67. The SMILES string of the molecule is C[C@@H](N)Cc1c[nH]c2c(OCC(=O)NS(C)(=O)=O)cccc12.O=C(O)C(F)(F)F. The number of benzene rings is 1. The van der Waals surface area contributed by atoms with Crippen LogP contribution in [-0.2, 0) is 26.0 Å². The maximum atomic E-state index is 11.5. The first-order chi connectivity index (χ1) is 13.2. The summed E-state index contributed by atoms with van der Waals surface area (Å²) in [4.78, 5) is 23.5. The van der Waals surface area contributed by atoms with Crippen LogP contribution in [-0.4, -0.2) is 55.5 Å². The number of aromatic amines is 1. The van der Waals surface area contributed by atoms with E-state index in [0.717, 1.165) is 29.1 Å². The summed E-state index contributed by atoms with van der Waals surface area (Å²) in [5.41, 5.74) is 7.64. The molecule has 0 bridgehead atoms. The van der Waals surface area contributed by atoms with Gasteiger partial charge in [0, 0.05) is 17.6 Å². The minimum absolute atomic E-state index is 0.0316. The fraction of sp³-hybridized carbons (Fsp3) is 0.375. The van der Waals surface area contributed by atoms with Crippen molar-refractivity contribution < 1.29 is 41.0 Å². The van der Waals surface area contributed by atoms with Crippen molar-refractivity contribution in [2.45, 2.75) is 25.6 Å². The summed E-state index contributed by atoms with van der Waals surface area (Å²) in [6.07, 6.45) is -1.59. The second-order valence-electron chi connectivity index (χ2n) is 6.06. The number of fused-ring (bicyclic) bond motifs is 1. The molecule has 0 fully saturated rings. The minimum Gasteiger partial charge on any atom is -0.482 e. The second kappa shape index (κ2) is 9.60. The zero-order valence-electron chi connectivity index (χ0n) is 15.4. The number of halogens is 3. The van der Waals surface area contributed by atoms with Crippen LogP contribution in [0.15, 0.2) is 24.4 Å². The van der Waals surface area contributed by atoms with Gasteiger partial charge in [-0.15, -0.1) is 0 Å². The standard InChI is InChI=1S/C14H19N3O4S.C2HF3O2/c1-9(15)6-10-7-16-14-11(10)4-3-5-12(14)21-8-13(18)17-22(2,19)20;3-2(4,5)1(6)7/h3-5,7,9,16H,6,8,15H2,1-2H3,(H,17,18);(H,6,7)/t9-;/m1./s1. The number of carbonyl (C=O) groups excluding carboxylic acids is 1. The lowest BCUT2D eigenvalue weighted by molar-refractivity contribution is -0.192. The summed E-state index contributed by atoms with van der Waals surface area (Å²) >= 11 is 0. The van der Waals surface area contributed by atoms with Gasteiger partial charge in [-0.1, -0.05) is 12.1 Å². The molecule has 5 N–H and O–H groups in total. The Morgan fingerprint density at radius 3 is 2.41 bits per heavy atom. The molecule has 1 heterocycles. The van der Waals surface area contributed by atoms with Crippen LogP contribution in [0.3, 0.4) is 0 Å². The van der Waals surface area contributed by atoms with E-state index < -0.39 is 28.1 Å². The molecule has 13 heteroatoms. The van der Waals surface area contributed by atoms with E-state index in [2.05, 4.69) is 4.98 Å². The third-order valence-corrected chi connectivity index (χ3v) is 3.80. The van der Waals surface area contributed by atoms with Gasteiger partial charge in [-0.3, -0.25) is 9.52 Å². The molecular weight excluding hydrogens is 419 g/mol. The van der Waals surface area contributed by atoms with Gasteiger partial charge in [0.2, 0.25) is 10.0 Å². The number of carboxylic acid groups (broad SMARTS) is 1. The first-order valence-corrected chi connectivity index (χ1v) is 9.88. The lowest BCUT2D eigenvalue weighted by Crippen LogP contribution is -2.33. The van der Waals surface area contributed by atoms with Gasteiger partial charge in [-0.05, 0) is 25.0 Å². The lowest BCUT2D eigenvalue weighted by atomic mass is 10.1. The van der Waals surface area contributed by atoms with Crippen LogP contribution < -0.4 is 15.2 Å². The van der Waals surface area contributed by atoms with Crippen LogP contribution in [0.5, 0.6) is 5.75 Å². The number of amides is 1. The van der Waals surface area contributed by atoms with Gasteiger partial charge in [0.15, 0.2) is 6.61 Å². The fourth-order valence-electron chi connectivity index (χ4n) is 2.20. The average Bonchev–Trinajstić information content (AvgIpc) is 2.94. The number of carboxylic acids is 1. The number of aromatic nitrogens is 1. The highest BCUT2D eigenvalue weighted by molar-refractivity contribution is 7.89. The number of hydrogen-bond donors (Lipinski definition) is 4. The zero-order chi connectivity index (χ0) is 22.4. The van der Waals surface area contributed by atoms with Crippen LogP contribution >= 0.6 is 0 Å². The van der Waals surface area contributed by atoms with Gasteiger partial charge in [0.1, 0.15) is 5.75 Å². The predicted molar refractivity (Wildman–Crippen MR) is 97.8 cm³/mol. The van der Waals surface area contributed by atoms with Crippen molar-refractivity contribution in [1.29, 1.82) is 0 Å². The molecule has 0 saturated carbocycles. The quantitative estimate of drug-likeness (QED) is 0.527. The van der Waals surface area contributed by atoms with Crippen molar-refractivity contribution in [3.63, 3.8) is 0 Å². The molecule has 0 aliphatic heterocycles. The maximum Gasteiger partial charge on any atom is 0.490 e. The number of para-hydroxylation sites is 1. The number of aliphatic carboxylic acids is 1. The van der Waals surface area contributed by atoms with Gasteiger partial charge >= 0.3 is 12.1 Å². The summed E-state index contributed by atoms with van der Waals surface area (Å²) in [6, 6.07) is 5.49. The van der Waals surface area contributed by atoms with E-state index in [9.17, 15) is 26.4 Å². The summed E-state index contributed by atoms with van der Waals surface area (Å²) in [5, 5.41) is 8.10. The van der Waals surface area contributed by atoms with E-state index in [-0.39, 0.29) is 12.6 Å². The van der Waals surface area contributed by atoms with Gasteiger partial charge in [-0.2, -0.15) is 13.2 Å². The smallest absolute Gasteiger partial charge is 0.482 e. The van der Waals surface area contributed by atoms with E-state index in [0.29, 0.717) is 5.75 Å². The molecule has 29 heavy (non-hydrogen) atoms. The van der Waals surface area contributed by atoms with E-state index in [1.54, 1.807) is 6.07 Å². The minimum atomic E-state index is -5.08. The number of ether oxygens (including phenoxy) is 1. The Labute approximate surface area is 164 Å². The first kappa shape index (κ1) is 24.2. The van der Waals surface area contributed by atoms with Crippen molar-refractivity contribution >= 4 is 32.8 Å². The van der Waals surface area contributed by atoms with Crippen LogP contribution in [0.4, 0.5) is 13.2 Å². The Kier molecular flexibility index (Phi) is 8.03. The van der Waals surface area contributed by atoms with Crippen LogP contribution in [0.25, 0.3) is 10.9 Å². The summed E-state index contributed by atoms with van der Waals surface area (Å²) in [6.45, 7) is 1.54. The van der Waals surface area contributed by atoms with E-state index in [1.165, 1.54) is 0 Å². The zero-order valence-corrected chi connectivity index (χ0v) is 16.2. The predicted octanol–water partition coefficient (Wildman–Crippen LogP) is 1.15. The van der Waals surface area contributed by atoms with Crippen molar-refractivity contribution in [1.82, 2.24) is 9.71 Å². The molecule has 0 aliphatic carbocycles. The Morgan fingerprint density at radius 2 is 1.93 bits per heavy atom. The molecule has 0 aliphatic rings. The molecular formula is C16H20F3N3O6S. The summed E-state index contributed by atoms with van der Waals surface area (Å²) in [5.74, 6) is -2.99. The van der Waals surface area contributed by atoms with E-state index >= 15 is 0 Å². The second-order valence-corrected chi connectivity index (χ2v) is 7.81. The number of alkyl halides is 3. The number of nitrogens with one attached hydrogen (secondary N) is 2. The molecule has 0 unspecified atom stereocenters. The van der Waals surface area contributed by atoms with Gasteiger partial charge in [0.25, 0.3) is 5.91 Å². The molecule has 2 aromatic rings. The number of hydrogen-bond acceptors (Lipinski definition) is 6. The Bertz CT molecular complexity index is 970. The Morgan fingerprint density at radius 1 is 1.34 bits per heavy atom. The highest BCUT2D eigenvalue weighted by Gasteiger charge is 2.38. The molecule has 0 spiro atoms. The third-order valence-electron chi connectivity index (χ3n) is 3.21. The number of rotatable bonds is 6. The van der Waals surface area contributed by atoms with Crippen molar-refractivity contribution in [2.75, 3.05) is 12.9 Å². The molecule has 0 radical (unpaired) electrons. The largest absolute Gasteiger partial charge is 0.490 e. The monoisotopic (exact) mass is 439 g/mol. The number of H-pyrrole nitrogens is 1. The Balaban J connectivity index is 0.000000516. The van der Waals surface area contributed by atoms with E-state index in [4.69, 9.17) is 20.4 Å². The van der Waals surface area contributed by atoms with Gasteiger partial charge in [-0.25, -0.2) is 13.2 Å². The highest BCUT2D eigenvalue weighted by atomic mass is 32.2. The highest BCUT2D eigenvalue weighted by Crippen LogP contribution is 2.27. The molecule has 2 rings (SSSR count). The topological polar surface area (TPSA) is 152 Å². The van der Waals surface area contributed by atoms with Crippen molar-refractivity contribution in [3.8, 4) is 5.75 Å². The molecule has 1 amide bonds. The summed E-state index contributed by atoms with van der Waals surface area (Å²) in [7, 11) is -3.58. The number of nitrogens with two attached hydrogens (primary N) is 1. The maximum absolute atomic E-state index is 11.5. The molecule has 9 nitrogen and oxygen atoms in total. The van der Waals surface area contributed by atoms with Crippen molar-refractivity contribution in [2.24, 2.45) is 5.73 Å². The molecule has 1 aromatic carbocycles. The van der Waals surface area contributed by atoms with Crippen LogP contribution in [0.1, 0.15) is 12.5 Å². The average molecular weight is 439 g/mol. The lowest BCUT2D eigenvalue weighted by Gasteiger charge is -2.08. The molecule has 0 saturated heterocycles. The normalized spacial score (nSPS) is 12.6. The number of sulfonamides is 1. The summed E-state index contributed by atoms with van der Waals surface area (Å²) < 4.78 is 60.9. The van der Waals surface area contributed by atoms with Crippen LogP contribution in [0.2, 0.25) is 0 Å².